The highest BCUT2D eigenvalue weighted by molar-refractivity contribution is 6.08. The van der Waals surface area contributed by atoms with Crippen molar-refractivity contribution in [1.29, 1.82) is 0 Å². The second kappa shape index (κ2) is 7.04. The Kier molecular flexibility index (Phi) is 4.04. The van der Waals surface area contributed by atoms with E-state index < -0.39 is 0 Å². The molecule has 31 heavy (non-hydrogen) atoms. The van der Waals surface area contributed by atoms with E-state index in [9.17, 15) is 0 Å². The average Bonchev–Trinajstić information content (AvgIpc) is 3.01. The number of fused-ring (bicyclic) bond motifs is 7. The van der Waals surface area contributed by atoms with Crippen LogP contribution in [-0.4, -0.2) is 0 Å². The maximum atomic E-state index is 5.57. The van der Waals surface area contributed by atoms with Crippen LogP contribution in [0.15, 0.2) is 97.1 Å². The van der Waals surface area contributed by atoms with Gasteiger partial charge in [-0.1, -0.05) is 78.7 Å². The van der Waals surface area contributed by atoms with Crippen LogP contribution in [-0.2, 0) is 13.1 Å². The molecule has 0 aromatic heterocycles. The molecule has 0 amide bonds. The molecule has 0 unspecified atom stereocenters. The van der Waals surface area contributed by atoms with E-state index in [2.05, 4.69) is 95.7 Å². The molecule has 0 saturated carbocycles. The molecule has 1 aliphatic rings. The Morgan fingerprint density at radius 3 is 1.61 bits per heavy atom. The van der Waals surface area contributed by atoms with Gasteiger partial charge in [-0.05, 0) is 68.1 Å². The fourth-order valence-corrected chi connectivity index (χ4v) is 4.91. The quantitative estimate of drug-likeness (QED) is 0.272. The molecule has 0 spiro atoms. The van der Waals surface area contributed by atoms with Gasteiger partial charge in [0.15, 0.2) is 0 Å². The lowest BCUT2D eigenvalue weighted by atomic mass is 9.88. The summed E-state index contributed by atoms with van der Waals surface area (Å²) >= 11 is 0. The van der Waals surface area contributed by atoms with Gasteiger partial charge in [0.25, 0.3) is 0 Å². The van der Waals surface area contributed by atoms with E-state index in [0.717, 1.165) is 18.7 Å². The van der Waals surface area contributed by atoms with Crippen LogP contribution in [0.1, 0.15) is 16.7 Å². The highest BCUT2D eigenvalue weighted by atomic mass is 15.1. The maximum absolute atomic E-state index is 5.57. The van der Waals surface area contributed by atoms with Gasteiger partial charge in [0.2, 0.25) is 0 Å². The normalized spacial score (nSPS) is 12.8. The fraction of sp³-hybridized carbons (Fsp3) is 0.0667. The standard InChI is InChI=1S/C30H21N/c1-2-21-11-17-26(18-12-21)31-19-24-15-13-22-7-3-5-9-27(22)29(24)30-25(20-31)16-14-23-8-4-6-10-28(23)30/h1,3-18H,19-20H2. The van der Waals surface area contributed by atoms with Gasteiger partial charge in [-0.3, -0.25) is 0 Å². The summed E-state index contributed by atoms with van der Waals surface area (Å²) in [5, 5.41) is 5.21. The predicted octanol–water partition coefficient (Wildman–Crippen LogP) is 7.16. The minimum Gasteiger partial charge on any atom is -0.363 e. The number of rotatable bonds is 1. The van der Waals surface area contributed by atoms with Gasteiger partial charge < -0.3 is 4.90 Å². The lowest BCUT2D eigenvalue weighted by Gasteiger charge is -2.24. The van der Waals surface area contributed by atoms with Gasteiger partial charge >= 0.3 is 0 Å². The molecule has 0 bridgehead atoms. The Labute approximate surface area is 182 Å². The summed E-state index contributed by atoms with van der Waals surface area (Å²) in [6, 6.07) is 34.9. The van der Waals surface area contributed by atoms with Crippen LogP contribution in [0.25, 0.3) is 32.7 Å². The zero-order valence-corrected chi connectivity index (χ0v) is 17.2. The summed E-state index contributed by atoms with van der Waals surface area (Å²) in [6.45, 7) is 1.72. The van der Waals surface area contributed by atoms with E-state index in [0.29, 0.717) is 0 Å². The summed E-state index contributed by atoms with van der Waals surface area (Å²) in [5.41, 5.74) is 7.56. The van der Waals surface area contributed by atoms with Crippen molar-refractivity contribution in [2.75, 3.05) is 4.90 Å². The van der Waals surface area contributed by atoms with Crippen LogP contribution in [0, 0.1) is 12.3 Å². The van der Waals surface area contributed by atoms with Gasteiger partial charge in [0, 0.05) is 24.3 Å². The first-order valence-electron chi connectivity index (χ1n) is 10.6. The lowest BCUT2D eigenvalue weighted by Crippen LogP contribution is -2.20. The van der Waals surface area contributed by atoms with Gasteiger partial charge in [-0.15, -0.1) is 6.42 Å². The van der Waals surface area contributed by atoms with Crippen LogP contribution in [0.5, 0.6) is 0 Å². The van der Waals surface area contributed by atoms with E-state index in [1.807, 2.05) is 12.1 Å². The summed E-state index contributed by atoms with van der Waals surface area (Å²) < 4.78 is 0. The number of anilines is 1. The lowest BCUT2D eigenvalue weighted by molar-refractivity contribution is 0.813. The molecule has 146 valence electrons. The molecule has 0 aliphatic carbocycles. The minimum absolute atomic E-state index is 0.860. The molecule has 0 saturated heterocycles. The topological polar surface area (TPSA) is 3.24 Å². The van der Waals surface area contributed by atoms with Gasteiger partial charge in [-0.25, -0.2) is 0 Å². The molecule has 1 heteroatoms. The zero-order valence-electron chi connectivity index (χ0n) is 17.2. The Bertz CT molecular complexity index is 1400. The van der Waals surface area contributed by atoms with Crippen LogP contribution in [0.4, 0.5) is 5.69 Å². The molecular weight excluding hydrogens is 374 g/mol. The van der Waals surface area contributed by atoms with Crippen molar-refractivity contribution in [3.05, 3.63) is 114 Å². The number of hydrogen-bond acceptors (Lipinski definition) is 1. The van der Waals surface area contributed by atoms with Crippen LogP contribution in [0.3, 0.4) is 0 Å². The van der Waals surface area contributed by atoms with Gasteiger partial charge in [0.05, 0.1) is 0 Å². The Hall–Kier alpha value is -4.02. The molecule has 5 aromatic carbocycles. The first-order chi connectivity index (χ1) is 15.3. The molecule has 1 nitrogen and oxygen atoms in total. The SMILES string of the molecule is C#Cc1ccc(N2Cc3ccc4ccccc4c3-c3c(ccc4ccccc34)C2)cc1. The molecule has 0 atom stereocenters. The largest absolute Gasteiger partial charge is 0.363 e. The Balaban J connectivity index is 1.66. The molecule has 6 rings (SSSR count). The third-order valence-electron chi connectivity index (χ3n) is 6.40. The van der Waals surface area contributed by atoms with Crippen LogP contribution in [0.2, 0.25) is 0 Å². The second-order valence-electron chi connectivity index (χ2n) is 8.19. The first kappa shape index (κ1) is 17.8. The zero-order chi connectivity index (χ0) is 20.8. The number of terminal acetylenes is 1. The summed E-state index contributed by atoms with van der Waals surface area (Å²) in [7, 11) is 0. The summed E-state index contributed by atoms with van der Waals surface area (Å²) in [5.74, 6) is 2.72. The van der Waals surface area contributed by atoms with Crippen molar-refractivity contribution in [3.63, 3.8) is 0 Å². The second-order valence-corrected chi connectivity index (χ2v) is 8.19. The average molecular weight is 396 g/mol. The molecular formula is C30H21N. The van der Waals surface area contributed by atoms with E-state index in [1.54, 1.807) is 0 Å². The molecule has 5 aromatic rings. The van der Waals surface area contributed by atoms with Crippen LogP contribution >= 0.6 is 0 Å². The fourth-order valence-electron chi connectivity index (χ4n) is 4.91. The third-order valence-corrected chi connectivity index (χ3v) is 6.40. The van der Waals surface area contributed by atoms with Crippen LogP contribution < -0.4 is 4.90 Å². The third kappa shape index (κ3) is 2.88. The molecule has 0 radical (unpaired) electrons. The first-order valence-corrected chi connectivity index (χ1v) is 10.6. The minimum atomic E-state index is 0.860. The van der Waals surface area contributed by atoms with Crippen molar-refractivity contribution in [3.8, 4) is 23.5 Å². The summed E-state index contributed by atoms with van der Waals surface area (Å²) in [4.78, 5) is 2.45. The predicted molar refractivity (Wildman–Crippen MR) is 131 cm³/mol. The van der Waals surface area contributed by atoms with E-state index in [4.69, 9.17) is 6.42 Å². The molecule has 0 fully saturated rings. The van der Waals surface area contributed by atoms with Crippen molar-refractivity contribution in [2.45, 2.75) is 13.1 Å². The van der Waals surface area contributed by atoms with Crippen molar-refractivity contribution in [2.24, 2.45) is 0 Å². The van der Waals surface area contributed by atoms with E-state index in [-0.39, 0.29) is 0 Å². The number of benzene rings is 5. The van der Waals surface area contributed by atoms with Gasteiger partial charge in [-0.2, -0.15) is 0 Å². The van der Waals surface area contributed by atoms with E-state index >= 15 is 0 Å². The number of hydrogen-bond donors (Lipinski definition) is 0. The number of nitrogens with zero attached hydrogens (tertiary/aromatic N) is 1. The smallest absolute Gasteiger partial charge is 0.0439 e. The monoisotopic (exact) mass is 395 g/mol. The van der Waals surface area contributed by atoms with Crippen molar-refractivity contribution in [1.82, 2.24) is 0 Å². The maximum Gasteiger partial charge on any atom is 0.0439 e. The Morgan fingerprint density at radius 1 is 0.581 bits per heavy atom. The van der Waals surface area contributed by atoms with Gasteiger partial charge in [0.1, 0.15) is 0 Å². The molecule has 0 N–H and O–H groups in total. The molecule has 1 heterocycles. The van der Waals surface area contributed by atoms with Crippen molar-refractivity contribution < 1.29 is 0 Å². The van der Waals surface area contributed by atoms with E-state index in [1.165, 1.54) is 49.5 Å². The van der Waals surface area contributed by atoms with Crippen molar-refractivity contribution >= 4 is 27.2 Å². The Morgan fingerprint density at radius 2 is 1.10 bits per heavy atom. The highest BCUT2D eigenvalue weighted by Crippen LogP contribution is 2.42. The molecule has 1 aliphatic heterocycles. The summed E-state index contributed by atoms with van der Waals surface area (Å²) in [6.07, 6.45) is 5.57. The highest BCUT2D eigenvalue weighted by Gasteiger charge is 2.23.